The fourth-order valence-electron chi connectivity index (χ4n) is 2.16. The quantitative estimate of drug-likeness (QED) is 0.584. The molecule has 0 aliphatic heterocycles. The predicted octanol–water partition coefficient (Wildman–Crippen LogP) is 3.75. The van der Waals surface area contributed by atoms with Crippen molar-refractivity contribution >= 4 is 28.4 Å². The summed E-state index contributed by atoms with van der Waals surface area (Å²) >= 11 is 0. The minimum atomic E-state index is -0.489. The lowest BCUT2D eigenvalue weighted by molar-refractivity contribution is -0.384. The molecule has 7 heteroatoms. The van der Waals surface area contributed by atoms with Crippen molar-refractivity contribution in [3.8, 4) is 11.5 Å². The van der Waals surface area contributed by atoms with Crippen molar-refractivity contribution in [3.63, 3.8) is 0 Å². The van der Waals surface area contributed by atoms with Crippen molar-refractivity contribution < 1.29 is 14.1 Å². The molecular weight excluding hydrogens is 298 g/mol. The molecule has 0 spiro atoms. The van der Waals surface area contributed by atoms with E-state index in [4.69, 9.17) is 4.42 Å². The van der Waals surface area contributed by atoms with Gasteiger partial charge in [-0.1, -0.05) is 19.1 Å². The van der Waals surface area contributed by atoms with Gasteiger partial charge in [-0.25, -0.2) is 4.98 Å². The number of nitrogens with zero attached hydrogens (tertiary/aromatic N) is 2. The minimum absolute atomic E-state index is 0.0622. The molecule has 0 aliphatic rings. The topological polar surface area (TPSA) is 98.3 Å². The lowest BCUT2D eigenvalue weighted by atomic mass is 10.1. The molecule has 0 unspecified atom stereocenters. The van der Waals surface area contributed by atoms with Gasteiger partial charge in [0.2, 0.25) is 11.8 Å². The molecule has 1 aromatic heterocycles. The standard InChI is InChI=1S/C16H13N3O4/c1-2-15(20)17-12-6-4-3-5-11(12)16-18-13-8-7-10(19(21)22)9-14(13)23-16/h3-9H,2H2,1H3,(H,17,20). The monoisotopic (exact) mass is 311 g/mol. The van der Waals surface area contributed by atoms with Crippen LogP contribution in [0.1, 0.15) is 13.3 Å². The fourth-order valence-corrected chi connectivity index (χ4v) is 2.16. The van der Waals surface area contributed by atoms with Gasteiger partial charge in [-0.2, -0.15) is 0 Å². The van der Waals surface area contributed by atoms with Crippen LogP contribution >= 0.6 is 0 Å². The summed E-state index contributed by atoms with van der Waals surface area (Å²) < 4.78 is 5.63. The Balaban J connectivity index is 2.06. The number of non-ortho nitro benzene ring substituents is 1. The molecule has 0 saturated heterocycles. The Kier molecular flexibility index (Phi) is 3.76. The third kappa shape index (κ3) is 2.89. The number of anilines is 1. The van der Waals surface area contributed by atoms with E-state index in [0.717, 1.165) is 0 Å². The number of aromatic nitrogens is 1. The number of nitro benzene ring substituents is 1. The van der Waals surface area contributed by atoms with Crippen LogP contribution < -0.4 is 5.32 Å². The van der Waals surface area contributed by atoms with Gasteiger partial charge in [-0.05, 0) is 18.2 Å². The lowest BCUT2D eigenvalue weighted by Crippen LogP contribution is -2.10. The third-order valence-corrected chi connectivity index (χ3v) is 3.34. The third-order valence-electron chi connectivity index (χ3n) is 3.34. The summed E-state index contributed by atoms with van der Waals surface area (Å²) in [5.74, 6) is 0.177. The van der Waals surface area contributed by atoms with Gasteiger partial charge in [-0.15, -0.1) is 0 Å². The first kappa shape index (κ1) is 14.7. The Morgan fingerprint density at radius 1 is 1.30 bits per heavy atom. The smallest absolute Gasteiger partial charge is 0.273 e. The first-order chi connectivity index (χ1) is 11.1. The second kappa shape index (κ2) is 5.88. The van der Waals surface area contributed by atoms with E-state index in [1.165, 1.54) is 18.2 Å². The zero-order valence-corrected chi connectivity index (χ0v) is 12.3. The maximum atomic E-state index is 11.6. The van der Waals surface area contributed by atoms with Crippen molar-refractivity contribution in [2.75, 3.05) is 5.32 Å². The maximum absolute atomic E-state index is 11.6. The van der Waals surface area contributed by atoms with Crippen molar-refractivity contribution in [3.05, 3.63) is 52.6 Å². The molecular formula is C16H13N3O4. The van der Waals surface area contributed by atoms with Crippen molar-refractivity contribution in [1.82, 2.24) is 4.98 Å². The molecule has 1 amide bonds. The number of para-hydroxylation sites is 1. The van der Waals surface area contributed by atoms with Crippen LogP contribution in [0.5, 0.6) is 0 Å². The molecule has 0 bridgehead atoms. The molecule has 0 fully saturated rings. The highest BCUT2D eigenvalue weighted by molar-refractivity contribution is 5.94. The molecule has 1 N–H and O–H groups in total. The van der Waals surface area contributed by atoms with E-state index in [1.807, 2.05) is 0 Å². The Labute approximate surface area is 131 Å². The Morgan fingerprint density at radius 2 is 2.09 bits per heavy atom. The maximum Gasteiger partial charge on any atom is 0.273 e. The van der Waals surface area contributed by atoms with Crippen LogP contribution in [0.25, 0.3) is 22.6 Å². The summed E-state index contributed by atoms with van der Waals surface area (Å²) in [4.78, 5) is 26.3. The number of nitrogens with one attached hydrogen (secondary N) is 1. The summed E-state index contributed by atoms with van der Waals surface area (Å²) in [5, 5.41) is 13.6. The van der Waals surface area contributed by atoms with Crippen LogP contribution in [-0.2, 0) is 4.79 Å². The van der Waals surface area contributed by atoms with Crippen molar-refractivity contribution in [2.45, 2.75) is 13.3 Å². The summed E-state index contributed by atoms with van der Waals surface area (Å²) in [6, 6.07) is 11.4. The van der Waals surface area contributed by atoms with Gasteiger partial charge in [0.1, 0.15) is 5.52 Å². The summed E-state index contributed by atoms with van der Waals surface area (Å²) in [7, 11) is 0. The lowest BCUT2D eigenvalue weighted by Gasteiger charge is -2.07. The largest absolute Gasteiger partial charge is 0.436 e. The van der Waals surface area contributed by atoms with Crippen LogP contribution in [0.4, 0.5) is 11.4 Å². The molecule has 1 heterocycles. The Bertz CT molecular complexity index is 901. The van der Waals surface area contributed by atoms with Gasteiger partial charge in [0, 0.05) is 12.5 Å². The average Bonchev–Trinajstić information content (AvgIpc) is 2.98. The van der Waals surface area contributed by atoms with E-state index < -0.39 is 4.92 Å². The fraction of sp³-hybridized carbons (Fsp3) is 0.125. The van der Waals surface area contributed by atoms with E-state index in [9.17, 15) is 14.9 Å². The number of carbonyl (C=O) groups excluding carboxylic acids is 1. The van der Waals surface area contributed by atoms with E-state index in [0.29, 0.717) is 34.7 Å². The molecule has 7 nitrogen and oxygen atoms in total. The van der Waals surface area contributed by atoms with Crippen LogP contribution in [0.2, 0.25) is 0 Å². The summed E-state index contributed by atoms with van der Waals surface area (Å²) in [6.45, 7) is 1.76. The predicted molar refractivity (Wildman–Crippen MR) is 85.0 cm³/mol. The molecule has 3 rings (SSSR count). The molecule has 0 radical (unpaired) electrons. The summed E-state index contributed by atoms with van der Waals surface area (Å²) in [5.41, 5.74) is 1.98. The van der Waals surface area contributed by atoms with E-state index >= 15 is 0 Å². The Morgan fingerprint density at radius 3 is 2.83 bits per heavy atom. The zero-order valence-electron chi connectivity index (χ0n) is 12.3. The van der Waals surface area contributed by atoms with Gasteiger partial charge < -0.3 is 9.73 Å². The molecule has 3 aromatic rings. The summed E-state index contributed by atoms with van der Waals surface area (Å²) in [6.07, 6.45) is 0.355. The molecule has 0 aliphatic carbocycles. The highest BCUT2D eigenvalue weighted by atomic mass is 16.6. The molecule has 0 atom stereocenters. The van der Waals surface area contributed by atoms with Crippen LogP contribution in [0.3, 0.4) is 0 Å². The van der Waals surface area contributed by atoms with Crippen LogP contribution in [0.15, 0.2) is 46.9 Å². The molecule has 116 valence electrons. The number of carbonyl (C=O) groups is 1. The first-order valence-corrected chi connectivity index (χ1v) is 7.02. The number of oxazole rings is 1. The van der Waals surface area contributed by atoms with E-state index in [-0.39, 0.29) is 11.6 Å². The minimum Gasteiger partial charge on any atom is -0.436 e. The van der Waals surface area contributed by atoms with Crippen molar-refractivity contribution in [1.29, 1.82) is 0 Å². The number of nitro groups is 1. The second-order valence-electron chi connectivity index (χ2n) is 4.88. The van der Waals surface area contributed by atoms with Gasteiger partial charge in [0.15, 0.2) is 5.58 Å². The Hall–Kier alpha value is -3.22. The van der Waals surface area contributed by atoms with Gasteiger partial charge in [0.05, 0.1) is 22.2 Å². The number of fused-ring (bicyclic) bond motifs is 1. The number of rotatable bonds is 4. The van der Waals surface area contributed by atoms with Gasteiger partial charge in [-0.3, -0.25) is 14.9 Å². The second-order valence-corrected chi connectivity index (χ2v) is 4.88. The van der Waals surface area contributed by atoms with Crippen LogP contribution in [-0.4, -0.2) is 15.8 Å². The number of hydrogen-bond acceptors (Lipinski definition) is 5. The van der Waals surface area contributed by atoms with Crippen LogP contribution in [0, 0.1) is 10.1 Å². The first-order valence-electron chi connectivity index (χ1n) is 7.02. The molecule has 0 saturated carbocycles. The zero-order chi connectivity index (χ0) is 16.4. The SMILES string of the molecule is CCC(=O)Nc1ccccc1-c1nc2ccc([N+](=O)[O-])cc2o1. The van der Waals surface area contributed by atoms with E-state index in [2.05, 4.69) is 10.3 Å². The number of hydrogen-bond donors (Lipinski definition) is 1. The highest BCUT2D eigenvalue weighted by Crippen LogP contribution is 2.31. The van der Waals surface area contributed by atoms with Gasteiger partial charge in [0.25, 0.3) is 5.69 Å². The van der Waals surface area contributed by atoms with Crippen molar-refractivity contribution in [2.24, 2.45) is 0 Å². The average molecular weight is 311 g/mol. The molecule has 2 aromatic carbocycles. The number of amides is 1. The van der Waals surface area contributed by atoms with E-state index in [1.54, 1.807) is 31.2 Å². The molecule has 23 heavy (non-hydrogen) atoms. The number of benzene rings is 2. The normalized spacial score (nSPS) is 10.7. The van der Waals surface area contributed by atoms with Gasteiger partial charge >= 0.3 is 0 Å². The highest BCUT2D eigenvalue weighted by Gasteiger charge is 2.15.